The molecule has 0 aromatic rings. The molecule has 10 atom stereocenters. The highest BCUT2D eigenvalue weighted by Crippen LogP contribution is 2.22. The summed E-state index contributed by atoms with van der Waals surface area (Å²) in [7, 11) is 4.14. The van der Waals surface area contributed by atoms with Crippen LogP contribution < -0.4 is 16.0 Å². The fourth-order valence-corrected chi connectivity index (χ4v) is 6.98. The molecule has 7 amide bonds. The molecule has 2 fully saturated rings. The van der Waals surface area contributed by atoms with Crippen molar-refractivity contribution in [2.75, 3.05) is 27.7 Å². The third-order valence-corrected chi connectivity index (χ3v) is 11.1. The van der Waals surface area contributed by atoms with Gasteiger partial charge in [-0.2, -0.15) is 4.91 Å². The van der Waals surface area contributed by atoms with E-state index >= 15 is 0 Å². The van der Waals surface area contributed by atoms with Crippen molar-refractivity contribution < 1.29 is 38.7 Å². The van der Waals surface area contributed by atoms with E-state index in [4.69, 9.17) is 0 Å². The lowest BCUT2D eigenvalue weighted by atomic mass is 9.95. The highest BCUT2D eigenvalue weighted by atomic mass is 16.3. The lowest BCUT2D eigenvalue weighted by Crippen LogP contribution is -2.63. The van der Waals surface area contributed by atoms with Gasteiger partial charge in [0, 0.05) is 27.7 Å². The first-order valence-corrected chi connectivity index (χ1v) is 19.3. The van der Waals surface area contributed by atoms with Crippen molar-refractivity contribution >= 4 is 41.4 Å². The second kappa shape index (κ2) is 20.5. The van der Waals surface area contributed by atoms with Gasteiger partial charge in [-0.05, 0) is 64.2 Å². The third kappa shape index (κ3) is 10.7. The normalized spacial score (nSPS) is 29.5. The molecule has 0 spiro atoms. The summed E-state index contributed by atoms with van der Waals surface area (Å²) in [5.41, 5.74) is 0. The smallest absolute Gasteiger partial charge is 0.246 e. The number of hydrogen-bond donors (Lipinski definition) is 4. The summed E-state index contributed by atoms with van der Waals surface area (Å²) < 4.78 is 0. The number of carbonyl (C=O) groups is 7. The lowest BCUT2D eigenvalue weighted by molar-refractivity contribution is -0.152. The van der Waals surface area contributed by atoms with Crippen LogP contribution in [0.2, 0.25) is 0 Å². The minimum atomic E-state index is -1.49. The number of piperidine rings is 1. The number of aliphatic hydroxyl groups excluding tert-OH is 1. The molecule has 0 aliphatic carbocycles. The molecule has 0 aromatic carbocycles. The van der Waals surface area contributed by atoms with E-state index < -0.39 is 102 Å². The SMILES string of the molecule is CCC(C)C1NC(=O)C(C(CC)N=O)NC(=O)C2CCCCN2C(=O)C(C)N(C)C(=O)C(CC(C)C)NC(=O)C(C(O)CC)N(C)C(=O)C(C)N(C)C1=O. The Bertz CT molecular complexity index is 1380. The van der Waals surface area contributed by atoms with Gasteiger partial charge < -0.3 is 40.7 Å². The Morgan fingerprint density at radius 1 is 0.704 bits per heavy atom. The molecule has 0 saturated carbocycles. The second-order valence-corrected chi connectivity index (χ2v) is 15.3. The Labute approximate surface area is 319 Å². The number of nitroso groups, excluding NO2 is 1. The number of aliphatic hydroxyl groups is 1. The van der Waals surface area contributed by atoms with E-state index in [1.54, 1.807) is 20.8 Å². The molecular formula is C37H64N8O9. The zero-order valence-corrected chi connectivity index (χ0v) is 34.0. The maximum absolute atomic E-state index is 14.1. The summed E-state index contributed by atoms with van der Waals surface area (Å²) in [5, 5.41) is 22.3. The molecule has 54 heavy (non-hydrogen) atoms. The maximum atomic E-state index is 14.1. The van der Waals surface area contributed by atoms with E-state index in [1.807, 2.05) is 20.8 Å². The standard InChI is InChI=1S/C37H64N8O9/c1-12-21(6)28-37(53)43(10)22(7)34(50)44(11)30(27(46)14-3)33(49)38-25(19-20(4)5)36(52)42(9)23(8)35(51)45-18-16-15-17-26(45)31(47)40-29(32(48)39-28)24(13-2)41-54/h20-30,46H,12-19H2,1-11H3,(H,38,49)(H,39,48)(H,40,47). The molecule has 2 rings (SSSR count). The molecule has 0 bridgehead atoms. The van der Waals surface area contributed by atoms with E-state index in [0.717, 1.165) is 9.80 Å². The Morgan fingerprint density at radius 2 is 1.28 bits per heavy atom. The van der Waals surface area contributed by atoms with Gasteiger partial charge in [0.05, 0.1) is 6.10 Å². The number of carbonyl (C=O) groups excluding carboxylic acids is 7. The molecule has 2 aliphatic heterocycles. The summed E-state index contributed by atoms with van der Waals surface area (Å²) in [6.07, 6.45) is 0.857. The Hall–Kier alpha value is -4.15. The number of rotatable bonds is 9. The summed E-state index contributed by atoms with van der Waals surface area (Å²) in [6.45, 7) is 13.7. The zero-order valence-electron chi connectivity index (χ0n) is 34.0. The van der Waals surface area contributed by atoms with Crippen LogP contribution in [0, 0.1) is 16.7 Å². The van der Waals surface area contributed by atoms with Crippen molar-refractivity contribution in [3.63, 3.8) is 0 Å². The van der Waals surface area contributed by atoms with Crippen molar-refractivity contribution in [2.45, 2.75) is 155 Å². The van der Waals surface area contributed by atoms with E-state index in [2.05, 4.69) is 21.1 Å². The molecule has 2 saturated heterocycles. The van der Waals surface area contributed by atoms with Gasteiger partial charge >= 0.3 is 0 Å². The third-order valence-electron chi connectivity index (χ3n) is 11.1. The van der Waals surface area contributed by atoms with Crippen LogP contribution in [0.3, 0.4) is 0 Å². The summed E-state index contributed by atoms with van der Waals surface area (Å²) >= 11 is 0. The van der Waals surface area contributed by atoms with Crippen LogP contribution in [0.25, 0.3) is 0 Å². The summed E-state index contributed by atoms with van der Waals surface area (Å²) in [4.78, 5) is 115. The van der Waals surface area contributed by atoms with Crippen LogP contribution >= 0.6 is 0 Å². The molecule has 4 N–H and O–H groups in total. The van der Waals surface area contributed by atoms with Gasteiger partial charge in [-0.1, -0.05) is 53.1 Å². The van der Waals surface area contributed by atoms with Gasteiger partial charge in [0.2, 0.25) is 41.4 Å². The Morgan fingerprint density at radius 3 is 1.81 bits per heavy atom. The average Bonchev–Trinajstić information content (AvgIpc) is 3.16. The highest BCUT2D eigenvalue weighted by Gasteiger charge is 2.43. The number of amides is 7. The molecule has 2 heterocycles. The molecule has 17 nitrogen and oxygen atoms in total. The van der Waals surface area contributed by atoms with Gasteiger partial charge in [-0.3, -0.25) is 33.6 Å². The van der Waals surface area contributed by atoms with E-state index in [9.17, 15) is 43.6 Å². The van der Waals surface area contributed by atoms with Crippen LogP contribution in [-0.4, -0.2) is 148 Å². The number of hydrogen-bond acceptors (Lipinski definition) is 10. The largest absolute Gasteiger partial charge is 0.390 e. The number of nitrogens with one attached hydrogen (secondary N) is 3. The number of likely N-dealkylation sites (N-methyl/N-ethyl adjacent to an activating group) is 3. The van der Waals surface area contributed by atoms with Crippen molar-refractivity contribution in [1.29, 1.82) is 0 Å². The summed E-state index contributed by atoms with van der Waals surface area (Å²) in [5.74, 6) is -5.33. The zero-order chi connectivity index (χ0) is 41.2. The van der Waals surface area contributed by atoms with E-state index in [0.29, 0.717) is 19.3 Å². The molecule has 17 heteroatoms. The highest BCUT2D eigenvalue weighted by molar-refractivity contribution is 5.98. The number of fused-ring (bicyclic) bond motifs is 1. The predicted octanol–water partition coefficient (Wildman–Crippen LogP) is 0.764. The van der Waals surface area contributed by atoms with Crippen LogP contribution in [0.4, 0.5) is 0 Å². The maximum Gasteiger partial charge on any atom is 0.246 e. The van der Waals surface area contributed by atoms with Gasteiger partial charge in [0.15, 0.2) is 0 Å². The van der Waals surface area contributed by atoms with Crippen LogP contribution in [0.5, 0.6) is 0 Å². The second-order valence-electron chi connectivity index (χ2n) is 15.3. The van der Waals surface area contributed by atoms with Gasteiger partial charge in [-0.25, -0.2) is 0 Å². The first-order valence-electron chi connectivity index (χ1n) is 19.3. The Balaban J connectivity index is 2.80. The summed E-state index contributed by atoms with van der Waals surface area (Å²) in [6, 6.07) is -9.78. The monoisotopic (exact) mass is 764 g/mol. The average molecular weight is 765 g/mol. The first-order chi connectivity index (χ1) is 25.3. The topological polar surface area (TPSA) is 218 Å². The molecule has 306 valence electrons. The van der Waals surface area contributed by atoms with Crippen molar-refractivity contribution in [2.24, 2.45) is 17.0 Å². The molecule has 2 aliphatic rings. The lowest BCUT2D eigenvalue weighted by Gasteiger charge is -2.39. The van der Waals surface area contributed by atoms with E-state index in [-0.39, 0.29) is 38.1 Å². The van der Waals surface area contributed by atoms with Crippen molar-refractivity contribution in [3.8, 4) is 0 Å². The Kier molecular flexibility index (Phi) is 17.5. The molecule has 0 radical (unpaired) electrons. The van der Waals surface area contributed by atoms with Gasteiger partial charge in [0.1, 0.15) is 48.3 Å². The van der Waals surface area contributed by atoms with Gasteiger partial charge in [0.25, 0.3) is 0 Å². The first kappa shape index (κ1) is 46.0. The fraction of sp³-hybridized carbons (Fsp3) is 0.811. The number of nitrogens with zero attached hydrogens (tertiary/aromatic N) is 5. The molecular weight excluding hydrogens is 700 g/mol. The molecule has 10 unspecified atom stereocenters. The minimum absolute atomic E-state index is 0.0773. The quantitative estimate of drug-likeness (QED) is 0.244. The molecule has 0 aromatic heterocycles. The van der Waals surface area contributed by atoms with Crippen molar-refractivity contribution in [1.82, 2.24) is 35.6 Å². The van der Waals surface area contributed by atoms with Crippen molar-refractivity contribution in [3.05, 3.63) is 4.91 Å². The fourth-order valence-electron chi connectivity index (χ4n) is 6.98. The van der Waals surface area contributed by atoms with E-state index in [1.165, 1.54) is 44.8 Å². The van der Waals surface area contributed by atoms with Gasteiger partial charge in [-0.15, -0.1) is 0 Å². The van der Waals surface area contributed by atoms with Crippen LogP contribution in [0.1, 0.15) is 100 Å². The van der Waals surface area contributed by atoms with Crippen LogP contribution in [-0.2, 0) is 33.6 Å². The minimum Gasteiger partial charge on any atom is -0.390 e. The predicted molar refractivity (Wildman–Crippen MR) is 201 cm³/mol. The van der Waals surface area contributed by atoms with Crippen LogP contribution in [0.15, 0.2) is 5.18 Å².